The Morgan fingerprint density at radius 1 is 1.11 bits per heavy atom. The van der Waals surface area contributed by atoms with Crippen LogP contribution in [0.2, 0.25) is 0 Å². The highest BCUT2D eigenvalue weighted by atomic mass is 19.4. The maximum absolute atomic E-state index is 13.8. The fraction of sp³-hybridized carbons (Fsp3) is 0.517. The molecule has 15 heteroatoms. The van der Waals surface area contributed by atoms with Gasteiger partial charge in [0.1, 0.15) is 22.8 Å². The summed E-state index contributed by atoms with van der Waals surface area (Å²) in [6.07, 6.45) is -4.71. The average Bonchev–Trinajstić information content (AvgIpc) is 3.88. The van der Waals surface area contributed by atoms with Gasteiger partial charge >= 0.3 is 18.5 Å². The van der Waals surface area contributed by atoms with E-state index < -0.39 is 35.5 Å². The predicted octanol–water partition coefficient (Wildman–Crippen LogP) is 6.43. The van der Waals surface area contributed by atoms with Crippen LogP contribution in [0, 0.1) is 5.92 Å². The molecule has 234 valence electrons. The number of methoxy groups -OCH3 is 1. The number of esters is 1. The first-order chi connectivity index (χ1) is 20.9. The lowest BCUT2D eigenvalue weighted by atomic mass is 9.64. The summed E-state index contributed by atoms with van der Waals surface area (Å²) in [5.41, 5.74) is -1.56. The second-order valence-corrected chi connectivity index (χ2v) is 11.6. The number of nitrogens with zero attached hydrogens (tertiary/aromatic N) is 4. The molecule has 3 heterocycles. The van der Waals surface area contributed by atoms with Crippen LogP contribution in [-0.4, -0.2) is 52.3 Å². The van der Waals surface area contributed by atoms with Crippen molar-refractivity contribution in [2.24, 2.45) is 5.92 Å². The molecule has 1 aliphatic heterocycles. The molecule has 0 bridgehead atoms. The highest BCUT2D eigenvalue weighted by Crippen LogP contribution is 2.65. The third-order valence-electron chi connectivity index (χ3n) is 9.17. The number of ether oxygens (including phenoxy) is 3. The number of alkyl halides is 6. The molecule has 1 aromatic carbocycles. The van der Waals surface area contributed by atoms with E-state index in [9.17, 15) is 31.1 Å². The average molecular weight is 625 g/mol. The van der Waals surface area contributed by atoms with Crippen molar-refractivity contribution >= 4 is 11.9 Å². The van der Waals surface area contributed by atoms with Crippen LogP contribution in [0.15, 0.2) is 35.0 Å². The smallest absolute Gasteiger partial charge is 0.465 e. The van der Waals surface area contributed by atoms with Gasteiger partial charge < -0.3 is 23.6 Å². The summed E-state index contributed by atoms with van der Waals surface area (Å²) in [5, 5.41) is 4.12. The maximum atomic E-state index is 13.8. The van der Waals surface area contributed by atoms with Crippen molar-refractivity contribution in [2.75, 3.05) is 12.0 Å². The minimum atomic E-state index is -4.90. The van der Waals surface area contributed by atoms with Gasteiger partial charge in [-0.15, -0.1) is 13.2 Å². The number of anilines is 1. The molecule has 0 radical (unpaired) electrons. The molecule has 9 nitrogen and oxygen atoms in total. The third kappa shape index (κ3) is 4.85. The van der Waals surface area contributed by atoms with Crippen LogP contribution in [0.4, 0.5) is 32.3 Å². The lowest BCUT2D eigenvalue weighted by Gasteiger charge is -2.42. The monoisotopic (exact) mass is 624 g/mol. The lowest BCUT2D eigenvalue weighted by Crippen LogP contribution is -2.46. The van der Waals surface area contributed by atoms with E-state index in [4.69, 9.17) is 9.26 Å². The van der Waals surface area contributed by atoms with Gasteiger partial charge in [-0.25, -0.2) is 14.8 Å². The molecule has 3 aromatic rings. The number of hydrogen-bond donors (Lipinski definition) is 0. The fourth-order valence-electron chi connectivity index (χ4n) is 6.95. The Morgan fingerprint density at radius 3 is 2.55 bits per heavy atom. The topological polar surface area (TPSA) is 99.6 Å². The van der Waals surface area contributed by atoms with Crippen molar-refractivity contribution < 1.29 is 49.9 Å². The number of benzene rings is 1. The molecular weight excluding hydrogens is 598 g/mol. The number of hydrogen-bond acceptors (Lipinski definition) is 9. The maximum Gasteiger partial charge on any atom is 0.573 e. The van der Waals surface area contributed by atoms with E-state index in [1.165, 1.54) is 18.2 Å². The van der Waals surface area contributed by atoms with Gasteiger partial charge in [0.25, 0.3) is 0 Å². The van der Waals surface area contributed by atoms with E-state index in [2.05, 4.69) is 24.6 Å². The van der Waals surface area contributed by atoms with Gasteiger partial charge in [-0.1, -0.05) is 17.3 Å². The van der Waals surface area contributed by atoms with Crippen molar-refractivity contribution in [3.8, 4) is 17.0 Å². The summed E-state index contributed by atoms with van der Waals surface area (Å²) in [7, 11) is 0.985. The Morgan fingerprint density at radius 2 is 1.89 bits per heavy atom. The van der Waals surface area contributed by atoms with Gasteiger partial charge in [0, 0.05) is 23.2 Å². The Hall–Kier alpha value is -3.88. The van der Waals surface area contributed by atoms with Gasteiger partial charge in [-0.2, -0.15) is 13.2 Å². The lowest BCUT2D eigenvalue weighted by molar-refractivity contribution is -0.274. The fourth-order valence-corrected chi connectivity index (χ4v) is 6.95. The van der Waals surface area contributed by atoms with E-state index in [0.29, 0.717) is 24.2 Å². The molecular formula is C29H26F6N4O5. The van der Waals surface area contributed by atoms with Crippen LogP contribution in [0.25, 0.3) is 11.3 Å². The van der Waals surface area contributed by atoms with Crippen LogP contribution in [0.5, 0.6) is 5.75 Å². The number of carbonyl (C=O) groups is 1. The molecule has 0 amide bonds. The molecule has 2 aromatic heterocycles. The zero-order valence-electron chi connectivity index (χ0n) is 23.2. The van der Waals surface area contributed by atoms with Gasteiger partial charge in [0.05, 0.1) is 31.4 Å². The van der Waals surface area contributed by atoms with Crippen molar-refractivity contribution in [3.63, 3.8) is 0 Å². The van der Waals surface area contributed by atoms with Crippen molar-refractivity contribution in [3.05, 3.63) is 53.0 Å². The van der Waals surface area contributed by atoms with Crippen LogP contribution < -0.4 is 9.64 Å². The second-order valence-electron chi connectivity index (χ2n) is 11.6. The van der Waals surface area contributed by atoms with Crippen molar-refractivity contribution in [2.45, 2.75) is 81.3 Å². The summed E-state index contributed by atoms with van der Waals surface area (Å²) in [6, 6.07) is 5.54. The molecule has 44 heavy (non-hydrogen) atoms. The molecule has 4 aliphatic rings. The van der Waals surface area contributed by atoms with Gasteiger partial charge in [0.2, 0.25) is 5.95 Å². The van der Waals surface area contributed by atoms with Crippen molar-refractivity contribution in [1.82, 2.24) is 15.1 Å². The number of rotatable bonds is 8. The van der Waals surface area contributed by atoms with Crippen LogP contribution in [0.1, 0.15) is 71.8 Å². The summed E-state index contributed by atoms with van der Waals surface area (Å²) >= 11 is 0. The van der Waals surface area contributed by atoms with E-state index in [0.717, 1.165) is 39.0 Å². The third-order valence-corrected chi connectivity index (χ3v) is 9.17. The SMILES string of the molecule is COC(=O)c1cnc(N2C3C[C@@H](OCc4c(-c5ccccc5OC(F)(F)F)noc4C4CC4)C[C@@H]4CC[C@@]342)nc1C(F)(F)F. The van der Waals surface area contributed by atoms with Crippen LogP contribution >= 0.6 is 0 Å². The first-order valence-electron chi connectivity index (χ1n) is 14.2. The number of carbonyl (C=O) groups excluding carboxylic acids is 1. The molecule has 4 atom stereocenters. The second kappa shape index (κ2) is 10.1. The summed E-state index contributed by atoms with van der Waals surface area (Å²) < 4.78 is 101. The Kier molecular flexibility index (Phi) is 6.61. The zero-order valence-corrected chi connectivity index (χ0v) is 23.2. The predicted molar refractivity (Wildman–Crippen MR) is 139 cm³/mol. The van der Waals surface area contributed by atoms with Gasteiger partial charge in [-0.05, 0) is 56.6 Å². The molecule has 1 unspecified atom stereocenters. The number of aromatic nitrogens is 3. The van der Waals surface area contributed by atoms with E-state index in [1.807, 2.05) is 0 Å². The van der Waals surface area contributed by atoms with Crippen LogP contribution in [0.3, 0.4) is 0 Å². The molecule has 0 N–H and O–H groups in total. The zero-order chi connectivity index (χ0) is 31.0. The van der Waals surface area contributed by atoms with E-state index in [1.54, 1.807) is 11.0 Å². The quantitative estimate of drug-likeness (QED) is 0.160. The molecule has 3 aliphatic carbocycles. The van der Waals surface area contributed by atoms with Crippen molar-refractivity contribution in [1.29, 1.82) is 0 Å². The highest BCUT2D eigenvalue weighted by molar-refractivity contribution is 5.90. The largest absolute Gasteiger partial charge is 0.573 e. The molecule has 7 rings (SSSR count). The van der Waals surface area contributed by atoms with Gasteiger partial charge in [0.15, 0.2) is 5.69 Å². The Bertz CT molecular complexity index is 1610. The van der Waals surface area contributed by atoms with Gasteiger partial charge in [-0.3, -0.25) is 0 Å². The molecule has 1 spiro atoms. The highest BCUT2D eigenvalue weighted by Gasteiger charge is 2.74. The Balaban J connectivity index is 1.12. The number of para-hydroxylation sites is 1. The summed E-state index contributed by atoms with van der Waals surface area (Å²) in [5.74, 6) is -0.870. The van der Waals surface area contributed by atoms with E-state index >= 15 is 0 Å². The molecule has 1 saturated heterocycles. The molecule has 4 fully saturated rings. The summed E-state index contributed by atoms with van der Waals surface area (Å²) in [6.45, 7) is 0.0324. The minimum Gasteiger partial charge on any atom is -0.465 e. The first kappa shape index (κ1) is 28.9. The molecule has 3 saturated carbocycles. The normalized spacial score (nSPS) is 26.0. The Labute approximate surface area is 246 Å². The number of halogens is 6. The standard InChI is InChI=1S/C29H26F6N4O5/c1-41-25(40)18-12-36-26(37-24(18)28(30,31)32)39-21-11-16(10-15-8-9-27(15,21)39)42-13-19-22(38-44-23(19)14-6-7-14)17-4-2-3-5-20(17)43-29(33,34)35/h2-5,12,14-16,21H,6-11,13H2,1H3/t15-,16-,21?,27-,39?/m0/s1. The minimum absolute atomic E-state index is 0.0324. The van der Waals surface area contributed by atoms with Crippen LogP contribution in [-0.2, 0) is 22.3 Å². The van der Waals surface area contributed by atoms with E-state index in [-0.39, 0.29) is 53.3 Å². The summed E-state index contributed by atoms with van der Waals surface area (Å²) in [4.78, 5) is 21.6. The first-order valence-corrected chi connectivity index (χ1v) is 14.2.